The van der Waals surface area contributed by atoms with E-state index in [1.165, 1.54) is 0 Å². The maximum atomic E-state index is 4.83. The highest BCUT2D eigenvalue weighted by molar-refractivity contribution is 7.82. The van der Waals surface area contributed by atoms with Gasteiger partial charge in [-0.3, -0.25) is 0 Å². The Balaban J connectivity index is 2.61. The summed E-state index contributed by atoms with van der Waals surface area (Å²) in [6, 6.07) is 0. The zero-order chi connectivity index (χ0) is 4.41. The highest BCUT2D eigenvalue weighted by Gasteiger charge is 1.85. The second-order valence-electron chi connectivity index (χ2n) is 0.911. The summed E-state index contributed by atoms with van der Waals surface area (Å²) in [6.07, 6.45) is 5.19. The van der Waals surface area contributed by atoms with Gasteiger partial charge in [0, 0.05) is 6.26 Å². The summed E-state index contributed by atoms with van der Waals surface area (Å²) < 4.78 is 8.69. The van der Waals surface area contributed by atoms with E-state index in [0.29, 0.717) is 0 Å². The van der Waals surface area contributed by atoms with Crippen molar-refractivity contribution in [2.75, 3.05) is 6.26 Å². The highest BCUT2D eigenvalue weighted by Crippen LogP contribution is 1.96. The molecule has 0 fully saturated rings. The van der Waals surface area contributed by atoms with Gasteiger partial charge in [0.15, 0.2) is 0 Å². The number of rotatable bonds is 0. The van der Waals surface area contributed by atoms with Crippen molar-refractivity contribution in [3.05, 3.63) is 12.5 Å². The van der Waals surface area contributed by atoms with Crippen LogP contribution in [-0.4, -0.2) is 6.26 Å². The van der Waals surface area contributed by atoms with Crippen LogP contribution in [-0.2, 0) is 15.2 Å². The van der Waals surface area contributed by atoms with Crippen LogP contribution in [0, 0.1) is 0 Å². The van der Waals surface area contributed by atoms with E-state index in [1.54, 1.807) is 12.5 Å². The van der Waals surface area contributed by atoms with Crippen molar-refractivity contribution in [2.45, 2.75) is 0 Å². The molecular formula is C3H5NOS. The second kappa shape index (κ2) is 1.43. The van der Waals surface area contributed by atoms with Gasteiger partial charge in [-0.05, 0) is 0 Å². The molecule has 3 heteroatoms. The molecule has 0 aromatic carbocycles. The SMILES string of the molecule is CS1=NC=CO1. The molecule has 0 amide bonds. The second-order valence-corrected chi connectivity index (χ2v) is 2.16. The first-order valence-electron chi connectivity index (χ1n) is 1.58. The van der Waals surface area contributed by atoms with Gasteiger partial charge >= 0.3 is 0 Å². The molecule has 0 saturated heterocycles. The molecule has 0 bridgehead atoms. The first kappa shape index (κ1) is 3.87. The first-order chi connectivity index (χ1) is 2.89. The van der Waals surface area contributed by atoms with E-state index in [9.17, 15) is 0 Å². The largest absolute Gasteiger partial charge is 0.423 e. The van der Waals surface area contributed by atoms with E-state index < -0.39 is 0 Å². The van der Waals surface area contributed by atoms with Gasteiger partial charge in [0.1, 0.15) is 6.26 Å². The predicted molar refractivity (Wildman–Crippen MR) is 25.9 cm³/mol. The smallest absolute Gasteiger partial charge is 0.121 e. The Kier molecular flexibility index (Phi) is 0.919. The molecule has 0 aromatic rings. The summed E-state index contributed by atoms with van der Waals surface area (Å²) in [5.74, 6) is 0. The number of nitrogens with zero attached hydrogens (tertiary/aromatic N) is 1. The zero-order valence-corrected chi connectivity index (χ0v) is 4.23. The van der Waals surface area contributed by atoms with E-state index in [2.05, 4.69) is 4.36 Å². The Hall–Kier alpha value is -0.310. The van der Waals surface area contributed by atoms with Crippen LogP contribution in [0.15, 0.2) is 16.8 Å². The van der Waals surface area contributed by atoms with Crippen LogP contribution in [0.3, 0.4) is 0 Å². The highest BCUT2D eigenvalue weighted by atomic mass is 32.2. The topological polar surface area (TPSA) is 21.6 Å². The van der Waals surface area contributed by atoms with Crippen molar-refractivity contribution in [2.24, 2.45) is 4.36 Å². The van der Waals surface area contributed by atoms with E-state index in [-0.39, 0.29) is 11.0 Å². The molecule has 0 aromatic heterocycles. The van der Waals surface area contributed by atoms with E-state index in [4.69, 9.17) is 4.18 Å². The van der Waals surface area contributed by atoms with Crippen molar-refractivity contribution in [1.29, 1.82) is 0 Å². The Labute approximate surface area is 39.1 Å². The molecule has 6 heavy (non-hydrogen) atoms. The molecule has 0 radical (unpaired) electrons. The van der Waals surface area contributed by atoms with Crippen molar-refractivity contribution in [3.63, 3.8) is 0 Å². The third kappa shape index (κ3) is 0.597. The minimum absolute atomic E-state index is 0.159. The Morgan fingerprint density at radius 3 is 2.83 bits per heavy atom. The summed E-state index contributed by atoms with van der Waals surface area (Å²) in [5.41, 5.74) is 0. The van der Waals surface area contributed by atoms with Gasteiger partial charge in [0.2, 0.25) is 0 Å². The van der Waals surface area contributed by atoms with Gasteiger partial charge in [0.25, 0.3) is 0 Å². The lowest BCUT2D eigenvalue weighted by Crippen LogP contribution is -1.76. The third-order valence-electron chi connectivity index (χ3n) is 0.465. The van der Waals surface area contributed by atoms with Crippen LogP contribution in [0.4, 0.5) is 0 Å². The quantitative estimate of drug-likeness (QED) is 0.445. The standard InChI is InChI=1S/C3H5NOS/c1-6-4-2-3-5-6/h2-3H,1H3. The lowest BCUT2D eigenvalue weighted by Gasteiger charge is -1.85. The van der Waals surface area contributed by atoms with Gasteiger partial charge in [-0.1, -0.05) is 0 Å². The van der Waals surface area contributed by atoms with E-state index >= 15 is 0 Å². The minimum Gasteiger partial charge on any atom is -0.423 e. The van der Waals surface area contributed by atoms with Crippen molar-refractivity contribution < 1.29 is 4.18 Å². The van der Waals surface area contributed by atoms with Crippen molar-refractivity contribution in [1.82, 2.24) is 0 Å². The summed E-state index contributed by atoms with van der Waals surface area (Å²) in [4.78, 5) is 0. The number of hydrogen-bond acceptors (Lipinski definition) is 2. The maximum Gasteiger partial charge on any atom is 0.121 e. The summed E-state index contributed by atoms with van der Waals surface area (Å²) >= 11 is 0. The molecule has 1 rings (SSSR count). The molecule has 1 aliphatic rings. The molecule has 2 nitrogen and oxygen atoms in total. The van der Waals surface area contributed by atoms with Crippen LogP contribution in [0.2, 0.25) is 0 Å². The molecule has 1 unspecified atom stereocenters. The van der Waals surface area contributed by atoms with Gasteiger partial charge in [-0.2, -0.15) is 4.36 Å². The summed E-state index contributed by atoms with van der Waals surface area (Å²) in [5, 5.41) is 0. The molecule has 34 valence electrons. The predicted octanol–water partition coefficient (Wildman–Crippen LogP) is 0.835. The van der Waals surface area contributed by atoms with Gasteiger partial charge in [0.05, 0.1) is 17.2 Å². The molecule has 0 aliphatic carbocycles. The molecule has 0 N–H and O–H groups in total. The van der Waals surface area contributed by atoms with Crippen LogP contribution in [0.5, 0.6) is 0 Å². The van der Waals surface area contributed by atoms with Crippen LogP contribution >= 0.6 is 0 Å². The number of hydrogen-bond donors (Lipinski definition) is 0. The minimum atomic E-state index is -0.159. The van der Waals surface area contributed by atoms with E-state index in [1.807, 2.05) is 6.26 Å². The van der Waals surface area contributed by atoms with Crippen molar-refractivity contribution >= 4 is 11.0 Å². The monoisotopic (exact) mass is 103 g/mol. The average molecular weight is 103 g/mol. The molecule has 0 spiro atoms. The van der Waals surface area contributed by atoms with Crippen LogP contribution in [0.25, 0.3) is 0 Å². The zero-order valence-electron chi connectivity index (χ0n) is 3.42. The fourth-order valence-corrected chi connectivity index (χ4v) is 0.722. The fraction of sp³-hybridized carbons (Fsp3) is 0.333. The Morgan fingerprint density at radius 2 is 2.67 bits per heavy atom. The average Bonchev–Trinajstić information content (AvgIpc) is 1.86. The maximum absolute atomic E-state index is 4.83. The molecule has 0 saturated carbocycles. The van der Waals surface area contributed by atoms with Gasteiger partial charge in [-0.25, -0.2) is 0 Å². The van der Waals surface area contributed by atoms with Crippen LogP contribution in [0.1, 0.15) is 0 Å². The van der Waals surface area contributed by atoms with Crippen molar-refractivity contribution in [3.8, 4) is 0 Å². The molecular weight excluding hydrogens is 98.1 g/mol. The summed E-state index contributed by atoms with van der Waals surface area (Å²) in [7, 11) is -0.159. The third-order valence-corrected chi connectivity index (χ3v) is 1.27. The normalized spacial score (nSPS) is 29.2. The van der Waals surface area contributed by atoms with Gasteiger partial charge < -0.3 is 4.18 Å². The first-order valence-corrected chi connectivity index (χ1v) is 3.10. The molecule has 1 heterocycles. The Morgan fingerprint density at radius 1 is 1.83 bits per heavy atom. The fourth-order valence-electron chi connectivity index (χ4n) is 0.241. The molecule has 1 atom stereocenters. The summed E-state index contributed by atoms with van der Waals surface area (Å²) in [6.45, 7) is 0. The lowest BCUT2D eigenvalue weighted by atomic mass is 11.0. The lowest BCUT2D eigenvalue weighted by molar-refractivity contribution is 0.567. The Bertz CT molecular complexity index is 107. The van der Waals surface area contributed by atoms with E-state index in [0.717, 1.165) is 0 Å². The van der Waals surface area contributed by atoms with Gasteiger partial charge in [-0.15, -0.1) is 0 Å². The van der Waals surface area contributed by atoms with Crippen LogP contribution < -0.4 is 0 Å². The molecule has 1 aliphatic heterocycles.